The van der Waals surface area contributed by atoms with Gasteiger partial charge in [-0.05, 0) is 54.8 Å². The summed E-state index contributed by atoms with van der Waals surface area (Å²) < 4.78 is 4.99. The molecule has 36 heavy (non-hydrogen) atoms. The lowest BCUT2D eigenvalue weighted by atomic mass is 10.0. The summed E-state index contributed by atoms with van der Waals surface area (Å²) in [4.78, 5) is 4.55. The number of nitrogens with one attached hydrogen (secondary N) is 1. The van der Waals surface area contributed by atoms with Crippen molar-refractivity contribution in [2.75, 3.05) is 62.1 Å². The number of halogens is 2. The van der Waals surface area contributed by atoms with Gasteiger partial charge < -0.3 is 26.4 Å². The first-order valence-corrected chi connectivity index (χ1v) is 12.9. The largest absolute Gasteiger partial charge is 0.399 e. The lowest BCUT2D eigenvalue weighted by Gasteiger charge is -2.33. The number of ether oxygens (including phenoxy) is 1. The average molecular weight is 531 g/mol. The van der Waals surface area contributed by atoms with Crippen molar-refractivity contribution in [2.45, 2.75) is 25.4 Å². The Hall–Kier alpha value is -2.64. The molecule has 1 fully saturated rings. The van der Waals surface area contributed by atoms with Gasteiger partial charge in [0.2, 0.25) is 0 Å². The van der Waals surface area contributed by atoms with E-state index in [-0.39, 0.29) is 0 Å². The molecule has 1 heterocycles. The number of nitrogens with zero attached hydrogens (tertiary/aromatic N) is 2. The third-order valence-corrected chi connectivity index (χ3v) is 6.82. The van der Waals surface area contributed by atoms with E-state index in [1.807, 2.05) is 36.2 Å². The molecule has 0 spiro atoms. The van der Waals surface area contributed by atoms with E-state index in [1.54, 1.807) is 19.2 Å². The van der Waals surface area contributed by atoms with E-state index in [9.17, 15) is 0 Å². The van der Waals surface area contributed by atoms with Gasteiger partial charge in [0, 0.05) is 57.8 Å². The van der Waals surface area contributed by atoms with Gasteiger partial charge in [-0.1, -0.05) is 53.5 Å². The molecule has 0 saturated carbocycles. The Balaban J connectivity index is 0.000000223. The van der Waals surface area contributed by atoms with Crippen molar-refractivity contribution in [1.29, 1.82) is 0 Å². The summed E-state index contributed by atoms with van der Waals surface area (Å²) in [5, 5.41) is 4.92. The maximum Gasteiger partial charge on any atom is 0.0659 e. The van der Waals surface area contributed by atoms with Crippen molar-refractivity contribution in [2.24, 2.45) is 0 Å². The number of nitrogens with two attached hydrogens (primary N) is 2. The number of hydrogen-bond donors (Lipinski definition) is 3. The molecule has 0 atom stereocenters. The van der Waals surface area contributed by atoms with Crippen LogP contribution in [0, 0.1) is 0 Å². The summed E-state index contributed by atoms with van der Waals surface area (Å²) in [7, 11) is 3.65. The fourth-order valence-electron chi connectivity index (χ4n) is 4.13. The summed E-state index contributed by atoms with van der Waals surface area (Å²) in [6.07, 6.45) is 2.26. The van der Waals surface area contributed by atoms with Crippen molar-refractivity contribution in [3.63, 3.8) is 0 Å². The first-order chi connectivity index (χ1) is 17.4. The molecule has 1 aliphatic heterocycles. The molecule has 0 aromatic heterocycles. The molecule has 1 saturated heterocycles. The molecular formula is C28H37Cl2N5O. The molecule has 3 aromatic carbocycles. The van der Waals surface area contributed by atoms with Crippen LogP contribution in [0.25, 0.3) is 0 Å². The average Bonchev–Trinajstić information content (AvgIpc) is 2.86. The van der Waals surface area contributed by atoms with Crippen LogP contribution < -0.4 is 21.7 Å². The Labute approximate surface area is 225 Å². The summed E-state index contributed by atoms with van der Waals surface area (Å²) in [6.45, 7) is 4.74. The Morgan fingerprint density at radius 1 is 0.944 bits per heavy atom. The topological polar surface area (TPSA) is 79.8 Å². The standard InChI is InChI=1S/C18H22ClN3.C10H15ClN2O/c19-17-12-15(20)6-7-18(17)21-16-8-10-22(11-9-16)13-14-4-2-1-3-5-14;1-13(5-6-14-2)10-4-3-8(12)7-9(10)11/h1-7,12,16,21H,8-11,13,20H2;3-4,7H,5-6,12H2,1-2H3. The fraction of sp³-hybridized carbons (Fsp3) is 0.357. The van der Waals surface area contributed by atoms with E-state index in [2.05, 4.69) is 40.5 Å². The minimum Gasteiger partial charge on any atom is -0.399 e. The Morgan fingerprint density at radius 2 is 1.58 bits per heavy atom. The van der Waals surface area contributed by atoms with Gasteiger partial charge >= 0.3 is 0 Å². The van der Waals surface area contributed by atoms with Crippen LogP contribution in [0.1, 0.15) is 18.4 Å². The van der Waals surface area contributed by atoms with Gasteiger partial charge in [-0.2, -0.15) is 0 Å². The summed E-state index contributed by atoms with van der Waals surface area (Å²) in [5.41, 5.74) is 16.1. The highest BCUT2D eigenvalue weighted by atomic mass is 35.5. The fourth-order valence-corrected chi connectivity index (χ4v) is 4.70. The van der Waals surface area contributed by atoms with Crippen LogP contribution in [0.4, 0.5) is 22.7 Å². The van der Waals surface area contributed by atoms with E-state index in [1.165, 1.54) is 5.56 Å². The Bertz CT molecular complexity index is 1070. The van der Waals surface area contributed by atoms with Crippen molar-refractivity contribution in [3.05, 3.63) is 82.3 Å². The second-order valence-electron chi connectivity index (χ2n) is 9.04. The number of anilines is 4. The molecule has 0 unspecified atom stereocenters. The van der Waals surface area contributed by atoms with Gasteiger partial charge in [0.05, 0.1) is 28.0 Å². The number of hydrogen-bond acceptors (Lipinski definition) is 6. The van der Waals surface area contributed by atoms with Crippen LogP contribution in [-0.4, -0.2) is 51.3 Å². The molecule has 0 radical (unpaired) electrons. The van der Waals surface area contributed by atoms with E-state index in [0.29, 0.717) is 34.1 Å². The number of benzene rings is 3. The van der Waals surface area contributed by atoms with Crippen molar-refractivity contribution >= 4 is 46.0 Å². The van der Waals surface area contributed by atoms with Crippen LogP contribution in [0.3, 0.4) is 0 Å². The molecule has 4 rings (SSSR count). The lowest BCUT2D eigenvalue weighted by Crippen LogP contribution is -2.38. The van der Waals surface area contributed by atoms with Crippen molar-refractivity contribution in [1.82, 2.24) is 4.90 Å². The van der Waals surface area contributed by atoms with Gasteiger partial charge in [0.1, 0.15) is 0 Å². The number of nitrogen functional groups attached to an aromatic ring is 2. The van der Waals surface area contributed by atoms with Gasteiger partial charge in [-0.3, -0.25) is 4.90 Å². The van der Waals surface area contributed by atoms with Crippen LogP contribution in [0.2, 0.25) is 10.0 Å². The number of likely N-dealkylation sites (tertiary alicyclic amines) is 1. The van der Waals surface area contributed by atoms with Crippen LogP contribution in [0.15, 0.2) is 66.7 Å². The normalized spacial score (nSPS) is 14.1. The molecule has 0 amide bonds. The second kappa shape index (κ2) is 14.2. The second-order valence-corrected chi connectivity index (χ2v) is 9.86. The monoisotopic (exact) mass is 529 g/mol. The molecule has 1 aliphatic rings. The Morgan fingerprint density at radius 3 is 2.19 bits per heavy atom. The zero-order valence-corrected chi connectivity index (χ0v) is 22.6. The van der Waals surface area contributed by atoms with Gasteiger partial charge in [-0.25, -0.2) is 0 Å². The summed E-state index contributed by atoms with van der Waals surface area (Å²) in [6, 6.07) is 22.3. The molecule has 194 valence electrons. The van der Waals surface area contributed by atoms with Crippen molar-refractivity contribution in [3.8, 4) is 0 Å². The minimum atomic E-state index is 0.480. The van der Waals surface area contributed by atoms with E-state index in [0.717, 1.165) is 50.4 Å². The van der Waals surface area contributed by atoms with Crippen LogP contribution in [0.5, 0.6) is 0 Å². The van der Waals surface area contributed by atoms with Crippen LogP contribution in [-0.2, 0) is 11.3 Å². The number of methoxy groups -OCH3 is 1. The quantitative estimate of drug-likeness (QED) is 0.310. The third-order valence-electron chi connectivity index (χ3n) is 6.20. The third kappa shape index (κ3) is 8.79. The predicted octanol–water partition coefficient (Wildman–Crippen LogP) is 6.00. The molecule has 5 N–H and O–H groups in total. The van der Waals surface area contributed by atoms with Gasteiger partial charge in [0.15, 0.2) is 0 Å². The molecule has 3 aromatic rings. The smallest absolute Gasteiger partial charge is 0.0659 e. The molecule has 8 heteroatoms. The molecule has 0 aliphatic carbocycles. The van der Waals surface area contributed by atoms with E-state index < -0.39 is 0 Å². The zero-order valence-electron chi connectivity index (χ0n) is 21.1. The maximum atomic E-state index is 6.23. The van der Waals surface area contributed by atoms with Crippen molar-refractivity contribution < 1.29 is 4.74 Å². The van der Waals surface area contributed by atoms with Crippen LogP contribution >= 0.6 is 23.2 Å². The highest BCUT2D eigenvalue weighted by molar-refractivity contribution is 6.33. The SMILES string of the molecule is COCCN(C)c1ccc(N)cc1Cl.Nc1ccc(NC2CCN(Cc3ccccc3)CC2)c(Cl)c1. The summed E-state index contributed by atoms with van der Waals surface area (Å²) in [5.74, 6) is 0. The lowest BCUT2D eigenvalue weighted by molar-refractivity contribution is 0.206. The zero-order chi connectivity index (χ0) is 25.9. The minimum absolute atomic E-state index is 0.480. The number of likely N-dealkylation sites (N-methyl/N-ethyl adjacent to an activating group) is 1. The molecular weight excluding hydrogens is 493 g/mol. The predicted molar refractivity (Wildman–Crippen MR) is 155 cm³/mol. The van der Waals surface area contributed by atoms with Gasteiger partial charge in [0.25, 0.3) is 0 Å². The first kappa shape index (κ1) is 27.9. The Kier molecular flexibility index (Phi) is 11.0. The summed E-state index contributed by atoms with van der Waals surface area (Å²) >= 11 is 12.3. The highest BCUT2D eigenvalue weighted by Gasteiger charge is 2.19. The van der Waals surface area contributed by atoms with E-state index >= 15 is 0 Å². The highest BCUT2D eigenvalue weighted by Crippen LogP contribution is 2.27. The van der Waals surface area contributed by atoms with E-state index in [4.69, 9.17) is 39.4 Å². The number of piperidine rings is 1. The first-order valence-electron chi connectivity index (χ1n) is 12.2. The maximum absolute atomic E-state index is 6.23. The molecule has 6 nitrogen and oxygen atoms in total. The molecule has 0 bridgehead atoms. The number of rotatable bonds is 8. The van der Waals surface area contributed by atoms with Gasteiger partial charge in [-0.15, -0.1) is 0 Å².